The summed E-state index contributed by atoms with van der Waals surface area (Å²) in [7, 11) is 0. The minimum atomic E-state index is -0.249. The van der Waals surface area contributed by atoms with Gasteiger partial charge in [-0.25, -0.2) is 0 Å². The minimum Gasteiger partial charge on any atom is -0.392 e. The van der Waals surface area contributed by atoms with Crippen LogP contribution >= 0.6 is 0 Å². The van der Waals surface area contributed by atoms with Crippen LogP contribution in [0.2, 0.25) is 0 Å². The molecule has 1 spiro atoms. The molecule has 0 bridgehead atoms. The fourth-order valence-corrected chi connectivity index (χ4v) is 4.08. The van der Waals surface area contributed by atoms with Crippen molar-refractivity contribution in [3.8, 4) is 0 Å². The SMILES string of the molecule is CCOC1CC(O)C12CCN(C(=O)C1CCCN1)CC2. The lowest BCUT2D eigenvalue weighted by atomic mass is 9.58. The molecule has 5 nitrogen and oxygen atoms in total. The van der Waals surface area contributed by atoms with E-state index in [1.807, 2.05) is 11.8 Å². The quantitative estimate of drug-likeness (QED) is 0.792. The molecule has 0 aromatic carbocycles. The van der Waals surface area contributed by atoms with Crippen molar-refractivity contribution in [1.82, 2.24) is 10.2 Å². The molecule has 3 atom stereocenters. The Kier molecular flexibility index (Phi) is 4.02. The molecule has 1 aliphatic carbocycles. The first kappa shape index (κ1) is 14.3. The van der Waals surface area contributed by atoms with Crippen LogP contribution in [0, 0.1) is 5.41 Å². The Labute approximate surface area is 120 Å². The molecule has 2 heterocycles. The van der Waals surface area contributed by atoms with Gasteiger partial charge in [0.25, 0.3) is 0 Å². The van der Waals surface area contributed by atoms with Crippen molar-refractivity contribution < 1.29 is 14.6 Å². The molecule has 1 amide bonds. The average Bonchev–Trinajstić information content (AvgIpc) is 3.01. The lowest BCUT2D eigenvalue weighted by Gasteiger charge is -2.56. The highest BCUT2D eigenvalue weighted by molar-refractivity contribution is 5.82. The number of aliphatic hydroxyl groups is 1. The van der Waals surface area contributed by atoms with Gasteiger partial charge in [-0.05, 0) is 39.2 Å². The van der Waals surface area contributed by atoms with Crippen LogP contribution in [0.5, 0.6) is 0 Å². The zero-order valence-corrected chi connectivity index (χ0v) is 12.3. The molecule has 3 unspecified atom stereocenters. The summed E-state index contributed by atoms with van der Waals surface area (Å²) in [6.45, 7) is 5.19. The van der Waals surface area contributed by atoms with Crippen molar-refractivity contribution in [2.24, 2.45) is 5.41 Å². The number of carbonyl (C=O) groups excluding carboxylic acids is 1. The molecule has 5 heteroatoms. The average molecular weight is 282 g/mol. The summed E-state index contributed by atoms with van der Waals surface area (Å²) in [5.74, 6) is 0.249. The lowest BCUT2D eigenvalue weighted by Crippen LogP contribution is -2.63. The molecular weight excluding hydrogens is 256 g/mol. The Morgan fingerprint density at radius 2 is 2.20 bits per heavy atom. The van der Waals surface area contributed by atoms with E-state index in [0.29, 0.717) is 6.61 Å². The molecule has 0 radical (unpaired) electrons. The van der Waals surface area contributed by atoms with E-state index in [1.54, 1.807) is 0 Å². The number of hydrogen-bond donors (Lipinski definition) is 2. The number of nitrogens with one attached hydrogen (secondary N) is 1. The second-order valence-corrected chi connectivity index (χ2v) is 6.40. The van der Waals surface area contributed by atoms with Gasteiger partial charge in [0.2, 0.25) is 5.91 Å². The third kappa shape index (κ3) is 2.26. The molecule has 3 fully saturated rings. The number of ether oxygens (including phenoxy) is 1. The Balaban J connectivity index is 1.57. The Bertz CT molecular complexity index is 358. The normalized spacial score (nSPS) is 36.1. The van der Waals surface area contributed by atoms with Crippen molar-refractivity contribution in [2.45, 2.75) is 57.3 Å². The number of aliphatic hydroxyl groups excluding tert-OH is 1. The largest absolute Gasteiger partial charge is 0.392 e. The summed E-state index contributed by atoms with van der Waals surface area (Å²) in [6, 6.07) is 0.0260. The number of likely N-dealkylation sites (tertiary alicyclic amines) is 1. The summed E-state index contributed by atoms with van der Waals surface area (Å²) in [5, 5.41) is 13.4. The Morgan fingerprint density at radius 1 is 1.45 bits per heavy atom. The van der Waals surface area contributed by atoms with Gasteiger partial charge in [-0.1, -0.05) is 0 Å². The summed E-state index contributed by atoms with van der Waals surface area (Å²) in [5.41, 5.74) is -0.0874. The molecule has 2 aliphatic heterocycles. The number of piperidine rings is 1. The van der Waals surface area contributed by atoms with Gasteiger partial charge in [-0.2, -0.15) is 0 Å². The zero-order chi connectivity index (χ0) is 14.2. The van der Waals surface area contributed by atoms with Gasteiger partial charge in [-0.15, -0.1) is 0 Å². The summed E-state index contributed by atoms with van der Waals surface area (Å²) in [6.07, 6.45) is 4.50. The van der Waals surface area contributed by atoms with Crippen molar-refractivity contribution in [1.29, 1.82) is 0 Å². The molecule has 0 aromatic heterocycles. The molecule has 2 saturated heterocycles. The van der Waals surface area contributed by atoms with Crippen LogP contribution < -0.4 is 5.32 Å². The van der Waals surface area contributed by atoms with Gasteiger partial charge in [0.1, 0.15) is 0 Å². The molecule has 3 aliphatic rings. The number of rotatable bonds is 3. The van der Waals surface area contributed by atoms with E-state index in [4.69, 9.17) is 4.74 Å². The standard InChI is InChI=1S/C15H26N2O3/c1-2-20-13-10-12(18)15(13)5-8-17(9-6-15)14(19)11-4-3-7-16-11/h11-13,16,18H,2-10H2,1H3. The van der Waals surface area contributed by atoms with E-state index in [-0.39, 0.29) is 29.6 Å². The Morgan fingerprint density at radius 3 is 2.75 bits per heavy atom. The third-order valence-corrected chi connectivity index (χ3v) is 5.47. The lowest BCUT2D eigenvalue weighted by molar-refractivity contribution is -0.210. The number of hydrogen-bond acceptors (Lipinski definition) is 4. The second kappa shape index (κ2) is 5.62. The number of carbonyl (C=O) groups is 1. The molecule has 114 valence electrons. The topological polar surface area (TPSA) is 61.8 Å². The molecule has 3 rings (SSSR count). The zero-order valence-electron chi connectivity index (χ0n) is 12.3. The predicted molar refractivity (Wildman–Crippen MR) is 75.3 cm³/mol. The van der Waals surface area contributed by atoms with Gasteiger partial charge in [-0.3, -0.25) is 4.79 Å². The van der Waals surface area contributed by atoms with Crippen LogP contribution in [0.15, 0.2) is 0 Å². The molecule has 0 aromatic rings. The maximum atomic E-state index is 12.4. The van der Waals surface area contributed by atoms with Crippen LogP contribution in [0.4, 0.5) is 0 Å². The smallest absolute Gasteiger partial charge is 0.239 e. The minimum absolute atomic E-state index is 0.0260. The van der Waals surface area contributed by atoms with Gasteiger partial charge in [0.15, 0.2) is 0 Å². The highest BCUT2D eigenvalue weighted by atomic mass is 16.5. The fraction of sp³-hybridized carbons (Fsp3) is 0.933. The van der Waals surface area contributed by atoms with E-state index in [2.05, 4.69) is 5.32 Å². The third-order valence-electron chi connectivity index (χ3n) is 5.47. The Hall–Kier alpha value is -0.650. The monoisotopic (exact) mass is 282 g/mol. The fourth-order valence-electron chi connectivity index (χ4n) is 4.08. The van der Waals surface area contributed by atoms with Crippen LogP contribution in [0.25, 0.3) is 0 Å². The summed E-state index contributed by atoms with van der Waals surface area (Å²) in [4.78, 5) is 14.4. The first-order valence-electron chi connectivity index (χ1n) is 7.99. The highest BCUT2D eigenvalue weighted by Crippen LogP contribution is 2.50. The maximum Gasteiger partial charge on any atom is 0.239 e. The van der Waals surface area contributed by atoms with E-state index < -0.39 is 0 Å². The number of amides is 1. The molecule has 1 saturated carbocycles. The molecule has 2 N–H and O–H groups in total. The van der Waals surface area contributed by atoms with Crippen molar-refractivity contribution >= 4 is 5.91 Å². The van der Waals surface area contributed by atoms with Crippen molar-refractivity contribution in [3.05, 3.63) is 0 Å². The van der Waals surface area contributed by atoms with Gasteiger partial charge in [0.05, 0.1) is 18.2 Å². The molecule has 20 heavy (non-hydrogen) atoms. The number of nitrogens with zero attached hydrogens (tertiary/aromatic N) is 1. The molecular formula is C15H26N2O3. The maximum absolute atomic E-state index is 12.4. The summed E-state index contributed by atoms with van der Waals surface area (Å²) >= 11 is 0. The van der Waals surface area contributed by atoms with Crippen LogP contribution in [-0.2, 0) is 9.53 Å². The van der Waals surface area contributed by atoms with Gasteiger partial charge < -0.3 is 20.1 Å². The van der Waals surface area contributed by atoms with E-state index in [1.165, 1.54) is 0 Å². The summed E-state index contributed by atoms with van der Waals surface area (Å²) < 4.78 is 5.76. The first-order chi connectivity index (χ1) is 9.67. The second-order valence-electron chi connectivity index (χ2n) is 6.40. The van der Waals surface area contributed by atoms with Crippen LogP contribution in [0.1, 0.15) is 39.0 Å². The van der Waals surface area contributed by atoms with E-state index >= 15 is 0 Å². The van der Waals surface area contributed by atoms with Crippen LogP contribution in [-0.4, -0.2) is 60.4 Å². The predicted octanol–water partition coefficient (Wildman–Crippen LogP) is 0.517. The first-order valence-corrected chi connectivity index (χ1v) is 7.99. The van der Waals surface area contributed by atoms with Crippen molar-refractivity contribution in [3.63, 3.8) is 0 Å². The van der Waals surface area contributed by atoms with E-state index in [9.17, 15) is 9.90 Å². The van der Waals surface area contributed by atoms with Crippen molar-refractivity contribution in [2.75, 3.05) is 26.2 Å². The van der Waals surface area contributed by atoms with E-state index in [0.717, 1.165) is 51.7 Å². The van der Waals surface area contributed by atoms with Gasteiger partial charge >= 0.3 is 0 Å². The highest BCUT2D eigenvalue weighted by Gasteiger charge is 2.56. The van der Waals surface area contributed by atoms with Crippen LogP contribution in [0.3, 0.4) is 0 Å². The van der Waals surface area contributed by atoms with Gasteiger partial charge in [0, 0.05) is 31.5 Å².